The Morgan fingerprint density at radius 3 is 2.35 bits per heavy atom. The molecule has 4 nitrogen and oxygen atoms in total. The Bertz CT molecular complexity index is 232. The Hall–Kier alpha value is -0.610. The van der Waals surface area contributed by atoms with Gasteiger partial charge < -0.3 is 16.2 Å². The van der Waals surface area contributed by atoms with Crippen LogP contribution in [0.5, 0.6) is 0 Å². The molecular weight excluding hydrogens is 216 g/mol. The van der Waals surface area contributed by atoms with Gasteiger partial charge in [0.05, 0.1) is 18.1 Å². The first-order valence-electron chi connectivity index (χ1n) is 6.80. The minimum atomic E-state index is -0.390. The van der Waals surface area contributed by atoms with Gasteiger partial charge in [-0.3, -0.25) is 4.79 Å². The van der Waals surface area contributed by atoms with Gasteiger partial charge in [0.25, 0.3) is 0 Å². The van der Waals surface area contributed by atoms with E-state index < -0.39 is 0 Å². The van der Waals surface area contributed by atoms with Crippen molar-refractivity contribution in [3.8, 4) is 0 Å². The third kappa shape index (κ3) is 3.68. The Kier molecular flexibility index (Phi) is 5.92. The number of rotatable bonds is 5. The predicted molar refractivity (Wildman–Crippen MR) is 68.5 cm³/mol. The van der Waals surface area contributed by atoms with Crippen LogP contribution in [0.15, 0.2) is 0 Å². The van der Waals surface area contributed by atoms with Crippen LogP contribution in [-0.4, -0.2) is 30.2 Å². The second kappa shape index (κ2) is 6.97. The van der Waals surface area contributed by atoms with Crippen molar-refractivity contribution in [2.45, 2.75) is 57.9 Å². The molecule has 0 aliphatic heterocycles. The molecule has 1 saturated carbocycles. The highest BCUT2D eigenvalue weighted by molar-refractivity contribution is 5.83. The molecule has 0 saturated heterocycles. The van der Waals surface area contributed by atoms with Gasteiger partial charge in [0, 0.05) is 6.54 Å². The van der Waals surface area contributed by atoms with E-state index in [0.29, 0.717) is 6.54 Å². The minimum Gasteiger partial charge on any atom is -0.394 e. The molecule has 0 unspecified atom stereocenters. The fourth-order valence-corrected chi connectivity index (χ4v) is 2.54. The molecule has 1 amide bonds. The van der Waals surface area contributed by atoms with Crippen LogP contribution < -0.4 is 11.1 Å². The first-order chi connectivity index (χ1) is 8.18. The molecular formula is C13H26N2O2. The summed E-state index contributed by atoms with van der Waals surface area (Å²) in [7, 11) is 0. The topological polar surface area (TPSA) is 75.3 Å². The van der Waals surface area contributed by atoms with E-state index in [1.807, 2.05) is 6.92 Å². The number of hydrogen-bond donors (Lipinski definition) is 3. The molecule has 0 aromatic rings. The van der Waals surface area contributed by atoms with Gasteiger partial charge in [0.1, 0.15) is 0 Å². The number of nitrogens with one attached hydrogen (secondary N) is 1. The van der Waals surface area contributed by atoms with Gasteiger partial charge in [-0.05, 0) is 19.3 Å². The number of amides is 1. The highest BCUT2D eigenvalue weighted by Crippen LogP contribution is 2.34. The van der Waals surface area contributed by atoms with Gasteiger partial charge in [-0.25, -0.2) is 0 Å². The molecule has 100 valence electrons. The first-order valence-corrected chi connectivity index (χ1v) is 6.80. The van der Waals surface area contributed by atoms with Gasteiger partial charge in [0.2, 0.25) is 5.91 Å². The summed E-state index contributed by atoms with van der Waals surface area (Å²) >= 11 is 0. The lowest BCUT2D eigenvalue weighted by Gasteiger charge is -2.31. The molecule has 4 heteroatoms. The van der Waals surface area contributed by atoms with E-state index in [-0.39, 0.29) is 24.0 Å². The van der Waals surface area contributed by atoms with E-state index in [9.17, 15) is 4.79 Å². The van der Waals surface area contributed by atoms with Crippen molar-refractivity contribution in [2.24, 2.45) is 11.1 Å². The van der Waals surface area contributed by atoms with Gasteiger partial charge in [-0.1, -0.05) is 32.6 Å². The molecule has 0 aromatic heterocycles. The normalized spacial score (nSPS) is 21.6. The van der Waals surface area contributed by atoms with Crippen LogP contribution in [0.2, 0.25) is 0 Å². The molecule has 1 aliphatic rings. The molecule has 17 heavy (non-hydrogen) atoms. The second-order valence-electron chi connectivity index (χ2n) is 5.16. The number of hydrogen-bond acceptors (Lipinski definition) is 3. The van der Waals surface area contributed by atoms with E-state index in [1.165, 1.54) is 12.8 Å². The molecule has 1 atom stereocenters. The third-order valence-corrected chi connectivity index (χ3v) is 3.98. The highest BCUT2D eigenvalue weighted by Gasteiger charge is 2.37. The Labute approximate surface area is 104 Å². The van der Waals surface area contributed by atoms with Crippen molar-refractivity contribution in [3.05, 3.63) is 0 Å². The van der Waals surface area contributed by atoms with Gasteiger partial charge in [0.15, 0.2) is 0 Å². The Morgan fingerprint density at radius 1 is 1.35 bits per heavy atom. The average molecular weight is 242 g/mol. The van der Waals surface area contributed by atoms with Crippen LogP contribution in [0.3, 0.4) is 0 Å². The fraction of sp³-hybridized carbons (Fsp3) is 0.923. The summed E-state index contributed by atoms with van der Waals surface area (Å²) in [5, 5.41) is 12.1. The molecule has 0 heterocycles. The smallest absolute Gasteiger partial charge is 0.227 e. The van der Waals surface area contributed by atoms with Gasteiger partial charge in [-0.15, -0.1) is 0 Å². The summed E-state index contributed by atoms with van der Waals surface area (Å²) in [5.74, 6) is 0.0443. The molecule has 4 N–H and O–H groups in total. The number of nitrogens with two attached hydrogens (primary N) is 1. The zero-order chi connectivity index (χ0) is 12.7. The van der Waals surface area contributed by atoms with Crippen molar-refractivity contribution in [1.29, 1.82) is 0 Å². The summed E-state index contributed by atoms with van der Waals surface area (Å²) < 4.78 is 0. The number of carbonyl (C=O) groups is 1. The van der Waals surface area contributed by atoms with Crippen LogP contribution in [0, 0.1) is 5.41 Å². The monoisotopic (exact) mass is 242 g/mol. The van der Waals surface area contributed by atoms with E-state index in [2.05, 4.69) is 5.32 Å². The van der Waals surface area contributed by atoms with Crippen LogP contribution in [0.1, 0.15) is 51.9 Å². The van der Waals surface area contributed by atoms with Crippen molar-refractivity contribution in [3.63, 3.8) is 0 Å². The van der Waals surface area contributed by atoms with Crippen molar-refractivity contribution >= 4 is 5.91 Å². The highest BCUT2D eigenvalue weighted by atomic mass is 16.3. The average Bonchev–Trinajstić information content (AvgIpc) is 2.61. The summed E-state index contributed by atoms with van der Waals surface area (Å²) in [6.45, 7) is 2.38. The van der Waals surface area contributed by atoms with E-state index in [0.717, 1.165) is 32.1 Å². The van der Waals surface area contributed by atoms with Crippen LogP contribution >= 0.6 is 0 Å². The standard InChI is InChI=1S/C13H26N2O2/c1-2-11(9-16)15-12(17)13(10-14)7-5-3-4-6-8-13/h11,16H,2-10,14H2,1H3,(H,15,17)/t11-/m0/s1. The maximum Gasteiger partial charge on any atom is 0.227 e. The van der Waals surface area contributed by atoms with Gasteiger partial charge in [-0.2, -0.15) is 0 Å². The maximum absolute atomic E-state index is 12.3. The van der Waals surface area contributed by atoms with E-state index in [1.54, 1.807) is 0 Å². The second-order valence-corrected chi connectivity index (χ2v) is 5.16. The number of carbonyl (C=O) groups excluding carboxylic acids is 1. The number of aliphatic hydroxyl groups excluding tert-OH is 1. The van der Waals surface area contributed by atoms with E-state index >= 15 is 0 Å². The molecule has 1 fully saturated rings. The first kappa shape index (κ1) is 14.5. The van der Waals surface area contributed by atoms with Crippen molar-refractivity contribution in [2.75, 3.05) is 13.2 Å². The Balaban J connectivity index is 2.66. The zero-order valence-corrected chi connectivity index (χ0v) is 10.9. The van der Waals surface area contributed by atoms with Crippen LogP contribution in [-0.2, 0) is 4.79 Å². The molecule has 1 aliphatic carbocycles. The molecule has 1 rings (SSSR count). The summed E-state index contributed by atoms with van der Waals surface area (Å²) in [4.78, 5) is 12.3. The Morgan fingerprint density at radius 2 is 1.94 bits per heavy atom. The summed E-state index contributed by atoms with van der Waals surface area (Å²) in [5.41, 5.74) is 5.45. The van der Waals surface area contributed by atoms with E-state index in [4.69, 9.17) is 10.8 Å². The molecule has 0 aromatic carbocycles. The molecule has 0 radical (unpaired) electrons. The summed E-state index contributed by atoms with van der Waals surface area (Å²) in [6, 6.07) is -0.130. The summed E-state index contributed by atoms with van der Waals surface area (Å²) in [6.07, 6.45) is 7.09. The minimum absolute atomic E-state index is 0.00287. The quantitative estimate of drug-likeness (QED) is 0.634. The lowest BCUT2D eigenvalue weighted by molar-refractivity contribution is -0.132. The number of aliphatic hydroxyl groups is 1. The largest absolute Gasteiger partial charge is 0.394 e. The fourth-order valence-electron chi connectivity index (χ4n) is 2.54. The molecule has 0 spiro atoms. The SMILES string of the molecule is CC[C@@H](CO)NC(=O)C1(CN)CCCCCC1. The van der Waals surface area contributed by atoms with Crippen molar-refractivity contribution in [1.82, 2.24) is 5.32 Å². The zero-order valence-electron chi connectivity index (χ0n) is 10.9. The van der Waals surface area contributed by atoms with Gasteiger partial charge >= 0.3 is 0 Å². The van der Waals surface area contributed by atoms with Crippen molar-refractivity contribution < 1.29 is 9.90 Å². The van der Waals surface area contributed by atoms with Crippen LogP contribution in [0.4, 0.5) is 0 Å². The van der Waals surface area contributed by atoms with Crippen LogP contribution in [0.25, 0.3) is 0 Å². The lowest BCUT2D eigenvalue weighted by Crippen LogP contribution is -2.50. The molecule has 0 bridgehead atoms. The predicted octanol–water partition coefficient (Wildman–Crippen LogP) is 1.17. The maximum atomic E-state index is 12.3. The third-order valence-electron chi connectivity index (χ3n) is 3.98. The lowest BCUT2D eigenvalue weighted by atomic mass is 9.79.